The van der Waals surface area contributed by atoms with Crippen molar-refractivity contribution >= 4 is 33.9 Å². The fourth-order valence-electron chi connectivity index (χ4n) is 6.40. The zero-order valence-corrected chi connectivity index (χ0v) is 28.0. The van der Waals surface area contributed by atoms with Gasteiger partial charge in [-0.05, 0) is 68.5 Å². The Kier molecular flexibility index (Phi) is 8.46. The third-order valence-corrected chi connectivity index (χ3v) is 9.35. The van der Waals surface area contributed by atoms with E-state index in [4.69, 9.17) is 20.4 Å². The van der Waals surface area contributed by atoms with E-state index in [1.807, 2.05) is 35.8 Å². The Bertz CT molecular complexity index is 2120. The lowest BCUT2D eigenvalue weighted by molar-refractivity contribution is -0.141. The van der Waals surface area contributed by atoms with Crippen molar-refractivity contribution in [2.24, 2.45) is 18.7 Å². The first-order valence-corrected chi connectivity index (χ1v) is 16.4. The number of carbonyl (C=O) groups is 2. The van der Waals surface area contributed by atoms with E-state index in [-0.39, 0.29) is 11.9 Å². The van der Waals surface area contributed by atoms with Crippen molar-refractivity contribution in [1.29, 1.82) is 0 Å². The van der Waals surface area contributed by atoms with Crippen molar-refractivity contribution in [3.63, 3.8) is 0 Å². The zero-order chi connectivity index (χ0) is 35.5. The second-order valence-electron chi connectivity index (χ2n) is 13.0. The highest BCUT2D eigenvalue weighted by Gasteiger charge is 2.34. The number of aryl methyl sites for hydroxylation is 1. The summed E-state index contributed by atoms with van der Waals surface area (Å²) >= 11 is 0. The minimum Gasteiger partial charge on any atom is -0.494 e. The number of methoxy groups -OCH3 is 1. The van der Waals surface area contributed by atoms with Crippen LogP contribution in [0.4, 0.5) is 13.2 Å². The SMILES string of the molecule is COc1cc(C(=O)N2C[C@H](N)CCN2C)cc2nc(-c3cc4ccc([C@@H](C)NC(=O)c5nccc(C(F)(F)F)n5)nc4n3CC3CC3)n(C)c12. The van der Waals surface area contributed by atoms with Gasteiger partial charge < -0.3 is 24.9 Å². The van der Waals surface area contributed by atoms with E-state index in [1.54, 1.807) is 37.2 Å². The maximum Gasteiger partial charge on any atom is 0.433 e. The van der Waals surface area contributed by atoms with E-state index in [9.17, 15) is 22.8 Å². The van der Waals surface area contributed by atoms with Crippen LogP contribution in [-0.4, -0.2) is 84.2 Å². The van der Waals surface area contributed by atoms with Gasteiger partial charge in [0.25, 0.3) is 11.8 Å². The molecule has 1 aliphatic carbocycles. The van der Waals surface area contributed by atoms with Crippen LogP contribution in [0.2, 0.25) is 0 Å². The number of nitrogens with two attached hydrogens (primary N) is 1. The number of fused-ring (bicyclic) bond motifs is 2. The van der Waals surface area contributed by atoms with Gasteiger partial charge in [-0.2, -0.15) is 13.2 Å². The van der Waals surface area contributed by atoms with Crippen molar-refractivity contribution in [3.05, 3.63) is 65.4 Å². The molecule has 262 valence electrons. The smallest absolute Gasteiger partial charge is 0.433 e. The van der Waals surface area contributed by atoms with Gasteiger partial charge in [-0.3, -0.25) is 14.6 Å². The lowest BCUT2D eigenvalue weighted by Gasteiger charge is -2.38. The Hall–Kier alpha value is -5.09. The van der Waals surface area contributed by atoms with Crippen LogP contribution in [0.1, 0.15) is 64.6 Å². The minimum absolute atomic E-state index is 0.103. The van der Waals surface area contributed by atoms with Gasteiger partial charge in [-0.1, -0.05) is 0 Å². The molecule has 2 atom stereocenters. The lowest BCUT2D eigenvalue weighted by Crippen LogP contribution is -2.55. The first kappa shape index (κ1) is 33.4. The Balaban J connectivity index is 1.24. The predicted molar refractivity (Wildman–Crippen MR) is 178 cm³/mol. The predicted octanol–water partition coefficient (Wildman–Crippen LogP) is 4.33. The zero-order valence-electron chi connectivity index (χ0n) is 28.0. The summed E-state index contributed by atoms with van der Waals surface area (Å²) < 4.78 is 49.3. The number of ether oxygens (including phenoxy) is 1. The summed E-state index contributed by atoms with van der Waals surface area (Å²) in [5.41, 5.74) is 8.77. The molecule has 2 amide bonds. The van der Waals surface area contributed by atoms with E-state index in [0.717, 1.165) is 42.1 Å². The van der Waals surface area contributed by atoms with Crippen molar-refractivity contribution in [2.45, 2.75) is 51.0 Å². The Morgan fingerprint density at radius 2 is 1.86 bits per heavy atom. The average molecular weight is 691 g/mol. The molecule has 1 saturated carbocycles. The molecule has 2 aliphatic rings. The number of imidazole rings is 1. The van der Waals surface area contributed by atoms with Crippen molar-refractivity contribution in [2.75, 3.05) is 27.2 Å². The fourth-order valence-corrected chi connectivity index (χ4v) is 6.40. The molecular weight excluding hydrogens is 653 g/mol. The van der Waals surface area contributed by atoms with E-state index < -0.39 is 29.6 Å². The number of hydrogen-bond acceptors (Lipinski definition) is 9. The number of alkyl halides is 3. The van der Waals surface area contributed by atoms with Crippen LogP contribution in [0.3, 0.4) is 0 Å². The van der Waals surface area contributed by atoms with Gasteiger partial charge in [0.15, 0.2) is 5.82 Å². The van der Waals surface area contributed by atoms with Gasteiger partial charge in [0.2, 0.25) is 5.82 Å². The summed E-state index contributed by atoms with van der Waals surface area (Å²) in [6, 6.07) is 9.13. The Labute approximate surface area is 285 Å². The standard InChI is InChI=1S/C34H37F3N10O3/c1-18(40-32(48)29-39-11-9-27(43-29)34(35,36)37)23-8-7-20-14-25(46(30(20)41-23)16-19-5-6-19)31-42-24-13-21(15-26(50-4)28(24)45(31)3)33(49)47-17-22(38)10-12-44(47)2/h7-9,11,13-15,18-19,22H,5-6,10,12,16-17,38H2,1-4H3,(H,40,48)/t18-,22-/m1/s1. The van der Waals surface area contributed by atoms with Crippen molar-refractivity contribution in [1.82, 2.24) is 44.4 Å². The summed E-state index contributed by atoms with van der Waals surface area (Å²) in [5.74, 6) is 0.0160. The highest BCUT2D eigenvalue weighted by atomic mass is 19.4. The van der Waals surface area contributed by atoms with Gasteiger partial charge in [-0.15, -0.1) is 0 Å². The number of halogens is 3. The Morgan fingerprint density at radius 1 is 1.08 bits per heavy atom. The molecule has 4 aromatic heterocycles. The maximum atomic E-state index is 13.7. The van der Waals surface area contributed by atoms with Gasteiger partial charge >= 0.3 is 6.18 Å². The number of amides is 2. The quantitative estimate of drug-likeness (QED) is 0.243. The number of nitrogens with zero attached hydrogens (tertiary/aromatic N) is 8. The molecule has 5 heterocycles. The number of hydrogen-bond donors (Lipinski definition) is 2. The van der Waals surface area contributed by atoms with Crippen LogP contribution in [0.5, 0.6) is 5.75 Å². The highest BCUT2D eigenvalue weighted by molar-refractivity contribution is 6.00. The van der Waals surface area contributed by atoms with Crippen LogP contribution < -0.4 is 15.8 Å². The van der Waals surface area contributed by atoms with Gasteiger partial charge in [0.1, 0.15) is 22.6 Å². The summed E-state index contributed by atoms with van der Waals surface area (Å²) in [6.07, 6.45) is -0.828. The number of aromatic nitrogens is 6. The van der Waals surface area contributed by atoms with E-state index in [2.05, 4.69) is 19.9 Å². The molecule has 50 heavy (non-hydrogen) atoms. The molecule has 0 bridgehead atoms. The summed E-state index contributed by atoms with van der Waals surface area (Å²) in [7, 11) is 5.33. The highest BCUT2D eigenvalue weighted by Crippen LogP contribution is 2.38. The number of carbonyl (C=O) groups excluding carboxylic acids is 2. The van der Waals surface area contributed by atoms with Crippen LogP contribution >= 0.6 is 0 Å². The van der Waals surface area contributed by atoms with Gasteiger partial charge in [0, 0.05) is 50.4 Å². The first-order valence-electron chi connectivity index (χ1n) is 16.4. The molecule has 5 aromatic rings. The van der Waals surface area contributed by atoms with Gasteiger partial charge in [0.05, 0.1) is 36.6 Å². The van der Waals surface area contributed by atoms with Crippen molar-refractivity contribution < 1.29 is 27.5 Å². The second-order valence-corrected chi connectivity index (χ2v) is 13.0. The number of hydrazine groups is 1. The summed E-state index contributed by atoms with van der Waals surface area (Å²) in [6.45, 7) is 3.48. The van der Waals surface area contributed by atoms with Crippen LogP contribution in [0.15, 0.2) is 42.6 Å². The topological polar surface area (TPSA) is 149 Å². The molecule has 0 radical (unpaired) electrons. The molecule has 3 N–H and O–H groups in total. The largest absolute Gasteiger partial charge is 0.494 e. The normalized spacial score (nSPS) is 17.8. The van der Waals surface area contributed by atoms with Gasteiger partial charge in [-0.25, -0.2) is 24.9 Å². The summed E-state index contributed by atoms with van der Waals surface area (Å²) in [4.78, 5) is 43.6. The molecule has 1 saturated heterocycles. The fraction of sp³-hybridized carbons (Fsp3) is 0.412. The third kappa shape index (κ3) is 6.24. The number of nitrogens with one attached hydrogen (secondary N) is 1. The maximum absolute atomic E-state index is 13.7. The molecule has 2 fully saturated rings. The molecule has 13 nitrogen and oxygen atoms in total. The minimum atomic E-state index is -4.70. The number of pyridine rings is 1. The number of benzene rings is 1. The van der Waals surface area contributed by atoms with Crippen LogP contribution in [-0.2, 0) is 19.8 Å². The van der Waals surface area contributed by atoms with Crippen LogP contribution in [0.25, 0.3) is 33.6 Å². The first-order chi connectivity index (χ1) is 23.8. The molecule has 1 aliphatic heterocycles. The van der Waals surface area contributed by atoms with Crippen LogP contribution in [0, 0.1) is 5.92 Å². The van der Waals surface area contributed by atoms with E-state index >= 15 is 0 Å². The molecule has 0 spiro atoms. The van der Waals surface area contributed by atoms with E-state index in [1.165, 1.54) is 0 Å². The molecule has 7 rings (SSSR count). The molecular formula is C34H37F3N10O3. The monoisotopic (exact) mass is 690 g/mol. The molecule has 1 aromatic carbocycles. The average Bonchev–Trinajstić information content (AvgIpc) is 3.77. The Morgan fingerprint density at radius 3 is 2.58 bits per heavy atom. The third-order valence-electron chi connectivity index (χ3n) is 9.35. The van der Waals surface area contributed by atoms with E-state index in [0.29, 0.717) is 65.6 Å². The van der Waals surface area contributed by atoms with Crippen molar-refractivity contribution in [3.8, 4) is 17.3 Å². The summed E-state index contributed by atoms with van der Waals surface area (Å²) in [5, 5.41) is 7.07. The second kappa shape index (κ2) is 12.7. The lowest BCUT2D eigenvalue weighted by atomic mass is 10.1. The molecule has 0 unspecified atom stereocenters. The molecule has 16 heteroatoms. The number of rotatable bonds is 8.